The number of nitrogens with zero attached hydrogens (tertiary/aromatic N) is 1. The summed E-state index contributed by atoms with van der Waals surface area (Å²) in [6, 6.07) is 12.0. The van der Waals surface area contributed by atoms with Gasteiger partial charge in [0.25, 0.3) is 0 Å². The van der Waals surface area contributed by atoms with Crippen molar-refractivity contribution >= 4 is 21.7 Å². The smallest absolute Gasteiger partial charge is 0.125 e. The van der Waals surface area contributed by atoms with Crippen LogP contribution in [0.15, 0.2) is 47.1 Å². The monoisotopic (exact) mass is 306 g/mol. The second kappa shape index (κ2) is 6.40. The zero-order valence-corrected chi connectivity index (χ0v) is 11.8. The van der Waals surface area contributed by atoms with Gasteiger partial charge in [-0.05, 0) is 52.2 Å². The average molecular weight is 307 g/mol. The van der Waals surface area contributed by atoms with Crippen molar-refractivity contribution in [2.45, 2.75) is 6.42 Å². The van der Waals surface area contributed by atoms with Crippen LogP contribution in [-0.2, 0) is 6.42 Å². The molecule has 2 rings (SSSR count). The van der Waals surface area contributed by atoms with Crippen LogP contribution in [0.2, 0.25) is 0 Å². The van der Waals surface area contributed by atoms with E-state index in [9.17, 15) is 0 Å². The van der Waals surface area contributed by atoms with Gasteiger partial charge in [0.05, 0.1) is 7.11 Å². The molecule has 0 saturated heterocycles. The normalized spacial score (nSPS) is 10.1. The Morgan fingerprint density at radius 1 is 1.28 bits per heavy atom. The molecule has 0 bridgehead atoms. The van der Waals surface area contributed by atoms with Crippen molar-refractivity contribution in [1.29, 1.82) is 0 Å². The van der Waals surface area contributed by atoms with Crippen molar-refractivity contribution in [3.05, 3.63) is 52.6 Å². The molecule has 1 N–H and O–H groups in total. The summed E-state index contributed by atoms with van der Waals surface area (Å²) in [5.41, 5.74) is 1.25. The van der Waals surface area contributed by atoms with E-state index in [0.717, 1.165) is 29.0 Å². The summed E-state index contributed by atoms with van der Waals surface area (Å²) < 4.78 is 6.18. The van der Waals surface area contributed by atoms with Gasteiger partial charge in [-0.3, -0.25) is 0 Å². The van der Waals surface area contributed by atoms with E-state index >= 15 is 0 Å². The van der Waals surface area contributed by atoms with Crippen molar-refractivity contribution < 1.29 is 4.74 Å². The Labute approximate surface area is 115 Å². The van der Waals surface area contributed by atoms with Crippen LogP contribution < -0.4 is 10.1 Å². The van der Waals surface area contributed by atoms with Crippen molar-refractivity contribution in [3.63, 3.8) is 0 Å². The van der Waals surface area contributed by atoms with E-state index in [-0.39, 0.29) is 0 Å². The third-order valence-corrected chi connectivity index (χ3v) is 3.05. The number of hydrogen-bond donors (Lipinski definition) is 1. The van der Waals surface area contributed by atoms with Gasteiger partial charge in [0.15, 0.2) is 0 Å². The first-order valence-electron chi connectivity index (χ1n) is 5.76. The fourth-order valence-corrected chi connectivity index (χ4v) is 1.88. The van der Waals surface area contributed by atoms with Crippen LogP contribution in [0.4, 0.5) is 5.82 Å². The molecular weight excluding hydrogens is 292 g/mol. The van der Waals surface area contributed by atoms with E-state index in [4.69, 9.17) is 4.74 Å². The van der Waals surface area contributed by atoms with Crippen LogP contribution in [0.5, 0.6) is 5.75 Å². The highest BCUT2D eigenvalue weighted by Crippen LogP contribution is 2.14. The summed E-state index contributed by atoms with van der Waals surface area (Å²) in [5.74, 6) is 1.79. The van der Waals surface area contributed by atoms with E-state index in [2.05, 4.69) is 38.4 Å². The first kappa shape index (κ1) is 12.9. The number of anilines is 1. The lowest BCUT2D eigenvalue weighted by atomic mass is 10.1. The molecule has 4 heteroatoms. The maximum Gasteiger partial charge on any atom is 0.125 e. The van der Waals surface area contributed by atoms with Crippen molar-refractivity contribution in [3.8, 4) is 5.75 Å². The van der Waals surface area contributed by atoms with Crippen molar-refractivity contribution in [2.75, 3.05) is 19.0 Å². The number of aromatic nitrogens is 1. The van der Waals surface area contributed by atoms with Crippen molar-refractivity contribution in [2.24, 2.45) is 0 Å². The quantitative estimate of drug-likeness (QED) is 0.918. The second-order valence-corrected chi connectivity index (χ2v) is 4.81. The number of hydrogen-bond acceptors (Lipinski definition) is 3. The van der Waals surface area contributed by atoms with E-state index < -0.39 is 0 Å². The van der Waals surface area contributed by atoms with Gasteiger partial charge in [-0.1, -0.05) is 12.1 Å². The molecule has 94 valence electrons. The number of nitrogens with one attached hydrogen (secondary N) is 1. The molecule has 0 spiro atoms. The summed E-state index contributed by atoms with van der Waals surface area (Å²) in [6.07, 6.45) is 2.73. The fraction of sp³-hybridized carbons (Fsp3) is 0.214. The van der Waals surface area contributed by atoms with Gasteiger partial charge in [-0.15, -0.1) is 0 Å². The summed E-state index contributed by atoms with van der Waals surface area (Å²) in [4.78, 5) is 4.26. The van der Waals surface area contributed by atoms with E-state index in [0.29, 0.717) is 0 Å². The average Bonchev–Trinajstić information content (AvgIpc) is 2.41. The van der Waals surface area contributed by atoms with Crippen LogP contribution in [0.1, 0.15) is 5.56 Å². The van der Waals surface area contributed by atoms with E-state index in [1.807, 2.05) is 24.3 Å². The molecule has 1 aromatic carbocycles. The molecule has 0 aliphatic carbocycles. The number of benzene rings is 1. The molecule has 1 heterocycles. The summed E-state index contributed by atoms with van der Waals surface area (Å²) in [6.45, 7) is 0.849. The van der Waals surface area contributed by atoms with Gasteiger partial charge in [-0.2, -0.15) is 0 Å². The molecule has 0 saturated carbocycles. The van der Waals surface area contributed by atoms with Crippen LogP contribution in [0.3, 0.4) is 0 Å². The third kappa shape index (κ3) is 3.74. The molecule has 1 aromatic heterocycles. The predicted octanol–water partition coefficient (Wildman–Crippen LogP) is 3.51. The van der Waals surface area contributed by atoms with Crippen molar-refractivity contribution in [1.82, 2.24) is 4.98 Å². The summed E-state index contributed by atoms with van der Waals surface area (Å²) >= 11 is 3.36. The Balaban J connectivity index is 1.86. The maximum atomic E-state index is 5.19. The largest absolute Gasteiger partial charge is 0.497 e. The maximum absolute atomic E-state index is 5.19. The Kier molecular flexibility index (Phi) is 4.59. The molecule has 0 radical (unpaired) electrons. The molecule has 0 aliphatic rings. The highest BCUT2D eigenvalue weighted by Gasteiger charge is 1.97. The first-order chi connectivity index (χ1) is 8.78. The lowest BCUT2D eigenvalue weighted by Crippen LogP contribution is -2.06. The summed E-state index contributed by atoms with van der Waals surface area (Å²) in [7, 11) is 1.68. The van der Waals surface area contributed by atoms with Gasteiger partial charge in [0.2, 0.25) is 0 Å². The number of methoxy groups -OCH3 is 1. The Morgan fingerprint density at radius 2 is 2.17 bits per heavy atom. The van der Waals surface area contributed by atoms with Gasteiger partial charge >= 0.3 is 0 Å². The van der Waals surface area contributed by atoms with Crippen LogP contribution >= 0.6 is 15.9 Å². The van der Waals surface area contributed by atoms with Gasteiger partial charge in [-0.25, -0.2) is 4.98 Å². The first-order valence-corrected chi connectivity index (χ1v) is 6.55. The van der Waals surface area contributed by atoms with Crippen LogP contribution in [-0.4, -0.2) is 18.6 Å². The number of pyridine rings is 1. The highest BCUT2D eigenvalue weighted by molar-refractivity contribution is 9.10. The fourth-order valence-electron chi connectivity index (χ4n) is 1.64. The Bertz CT molecular complexity index is 499. The van der Waals surface area contributed by atoms with Gasteiger partial charge in [0, 0.05) is 17.2 Å². The zero-order chi connectivity index (χ0) is 12.8. The van der Waals surface area contributed by atoms with Crippen LogP contribution in [0, 0.1) is 0 Å². The Hall–Kier alpha value is -1.55. The highest BCUT2D eigenvalue weighted by atomic mass is 79.9. The lowest BCUT2D eigenvalue weighted by Gasteiger charge is -2.07. The predicted molar refractivity (Wildman–Crippen MR) is 77.1 cm³/mol. The topological polar surface area (TPSA) is 34.1 Å². The van der Waals surface area contributed by atoms with E-state index in [1.165, 1.54) is 5.56 Å². The molecule has 0 amide bonds. The van der Waals surface area contributed by atoms with E-state index in [1.54, 1.807) is 13.3 Å². The molecule has 0 atom stereocenters. The number of rotatable bonds is 5. The standard InChI is InChI=1S/C14H15BrN2O/c1-18-13-4-2-3-11(9-13)7-8-16-14-6-5-12(15)10-17-14/h2-6,9-10H,7-8H2,1H3,(H,16,17). The van der Waals surface area contributed by atoms with Gasteiger partial charge in [0.1, 0.15) is 11.6 Å². The molecule has 0 unspecified atom stereocenters. The minimum Gasteiger partial charge on any atom is -0.497 e. The third-order valence-electron chi connectivity index (χ3n) is 2.58. The van der Waals surface area contributed by atoms with Gasteiger partial charge < -0.3 is 10.1 Å². The minimum absolute atomic E-state index is 0.849. The molecular formula is C14H15BrN2O. The lowest BCUT2D eigenvalue weighted by molar-refractivity contribution is 0.414. The molecule has 0 aliphatic heterocycles. The Morgan fingerprint density at radius 3 is 2.89 bits per heavy atom. The molecule has 3 nitrogen and oxygen atoms in total. The van der Waals surface area contributed by atoms with Crippen LogP contribution in [0.25, 0.3) is 0 Å². The second-order valence-electron chi connectivity index (χ2n) is 3.89. The number of halogens is 1. The molecule has 18 heavy (non-hydrogen) atoms. The summed E-state index contributed by atoms with van der Waals surface area (Å²) in [5, 5.41) is 3.29. The molecule has 2 aromatic rings. The SMILES string of the molecule is COc1cccc(CCNc2ccc(Br)cn2)c1. The number of ether oxygens (including phenoxy) is 1. The molecule has 0 fully saturated rings. The minimum atomic E-state index is 0.849. The zero-order valence-electron chi connectivity index (χ0n) is 10.2.